The molecule has 0 saturated heterocycles. The molecular formula is C19H16N4S. The van der Waals surface area contributed by atoms with Crippen LogP contribution in [0.2, 0.25) is 0 Å². The van der Waals surface area contributed by atoms with Gasteiger partial charge in [0, 0.05) is 41.3 Å². The largest absolute Gasteiger partial charge is 0.268 e. The zero-order valence-corrected chi connectivity index (χ0v) is 14.1. The molecule has 3 heterocycles. The van der Waals surface area contributed by atoms with Crippen molar-refractivity contribution in [3.8, 4) is 21.8 Å². The highest BCUT2D eigenvalue weighted by Crippen LogP contribution is 2.26. The summed E-state index contributed by atoms with van der Waals surface area (Å²) in [6, 6.07) is 12.5. The number of nitrogens with zero attached hydrogens (tertiary/aromatic N) is 4. The maximum absolute atomic E-state index is 4.72. The minimum atomic E-state index is 0.751. The lowest BCUT2D eigenvalue weighted by molar-refractivity contribution is 0.685. The normalized spacial score (nSPS) is 10.9. The molecule has 1 aromatic carbocycles. The quantitative estimate of drug-likeness (QED) is 0.555. The summed E-state index contributed by atoms with van der Waals surface area (Å²) >= 11 is 1.65. The highest BCUT2D eigenvalue weighted by atomic mass is 32.1. The fourth-order valence-corrected chi connectivity index (χ4v) is 3.27. The van der Waals surface area contributed by atoms with E-state index in [2.05, 4.69) is 47.2 Å². The lowest BCUT2D eigenvalue weighted by Gasteiger charge is -2.05. The third kappa shape index (κ3) is 2.98. The third-order valence-corrected chi connectivity index (χ3v) is 4.77. The maximum Gasteiger partial charge on any atom is 0.123 e. The van der Waals surface area contributed by atoms with Crippen molar-refractivity contribution >= 4 is 11.3 Å². The van der Waals surface area contributed by atoms with Gasteiger partial charge in [-0.25, -0.2) is 4.98 Å². The van der Waals surface area contributed by atoms with Crippen LogP contribution < -0.4 is 0 Å². The Morgan fingerprint density at radius 1 is 1.08 bits per heavy atom. The van der Waals surface area contributed by atoms with Gasteiger partial charge in [-0.2, -0.15) is 5.10 Å². The van der Waals surface area contributed by atoms with Gasteiger partial charge in [0.1, 0.15) is 5.01 Å². The first-order valence-electron chi connectivity index (χ1n) is 7.73. The molecule has 4 nitrogen and oxygen atoms in total. The Kier molecular flexibility index (Phi) is 3.92. The van der Waals surface area contributed by atoms with E-state index in [0.717, 1.165) is 28.4 Å². The molecule has 4 aromatic rings. The molecule has 0 fully saturated rings. The number of pyridine rings is 1. The summed E-state index contributed by atoms with van der Waals surface area (Å²) in [5, 5.41) is 7.74. The summed E-state index contributed by atoms with van der Waals surface area (Å²) in [5.41, 5.74) is 5.62. The van der Waals surface area contributed by atoms with Gasteiger partial charge in [-0.3, -0.25) is 9.67 Å². The van der Waals surface area contributed by atoms with Crippen LogP contribution in [0.5, 0.6) is 0 Å². The van der Waals surface area contributed by atoms with Crippen molar-refractivity contribution in [2.45, 2.75) is 13.5 Å². The Balaban J connectivity index is 1.61. The molecule has 3 aromatic heterocycles. The molecule has 0 bridgehead atoms. The van der Waals surface area contributed by atoms with Gasteiger partial charge >= 0.3 is 0 Å². The molecule has 0 saturated carbocycles. The number of rotatable bonds is 4. The summed E-state index contributed by atoms with van der Waals surface area (Å²) in [6.45, 7) is 2.82. The highest BCUT2D eigenvalue weighted by molar-refractivity contribution is 7.13. The van der Waals surface area contributed by atoms with Gasteiger partial charge in [-0.1, -0.05) is 18.2 Å². The Hall–Kier alpha value is -2.79. The average molecular weight is 332 g/mol. The molecule has 0 atom stereocenters. The molecule has 0 unspecified atom stereocenters. The minimum absolute atomic E-state index is 0.751. The van der Waals surface area contributed by atoms with E-state index in [0.29, 0.717) is 0 Å². The van der Waals surface area contributed by atoms with E-state index in [4.69, 9.17) is 5.10 Å². The Morgan fingerprint density at radius 3 is 2.83 bits per heavy atom. The monoisotopic (exact) mass is 332 g/mol. The Morgan fingerprint density at radius 2 is 2.00 bits per heavy atom. The standard InChI is InChI=1S/C19H16N4S/c1-14-12-20-7-5-17(14)13-23-9-6-18(22-23)15-3-2-4-16(11-15)19-21-8-10-24-19/h2-12H,13H2,1H3. The lowest BCUT2D eigenvalue weighted by atomic mass is 10.1. The molecule has 5 heteroatoms. The third-order valence-electron chi connectivity index (χ3n) is 3.95. The minimum Gasteiger partial charge on any atom is -0.268 e. The number of aryl methyl sites for hydroxylation is 1. The van der Waals surface area contributed by atoms with Crippen molar-refractivity contribution < 1.29 is 0 Å². The second-order valence-electron chi connectivity index (χ2n) is 5.62. The molecule has 24 heavy (non-hydrogen) atoms. The molecule has 0 aliphatic heterocycles. The molecule has 0 spiro atoms. The van der Waals surface area contributed by atoms with Crippen molar-refractivity contribution in [3.05, 3.63) is 77.7 Å². The first-order valence-corrected chi connectivity index (χ1v) is 8.61. The van der Waals surface area contributed by atoms with Gasteiger partial charge in [0.2, 0.25) is 0 Å². The molecular weight excluding hydrogens is 316 g/mol. The van der Waals surface area contributed by atoms with Gasteiger partial charge in [0.15, 0.2) is 0 Å². The van der Waals surface area contributed by atoms with Crippen LogP contribution in [-0.4, -0.2) is 19.7 Å². The van der Waals surface area contributed by atoms with Crippen LogP contribution >= 0.6 is 11.3 Å². The summed E-state index contributed by atoms with van der Waals surface area (Å²) in [6.07, 6.45) is 7.56. The lowest BCUT2D eigenvalue weighted by Crippen LogP contribution is -2.02. The van der Waals surface area contributed by atoms with E-state index in [1.807, 2.05) is 40.9 Å². The molecule has 0 aliphatic rings. The van der Waals surface area contributed by atoms with Crippen LogP contribution in [0.15, 0.2) is 66.6 Å². The maximum atomic E-state index is 4.72. The van der Waals surface area contributed by atoms with Gasteiger partial charge in [-0.15, -0.1) is 11.3 Å². The summed E-state index contributed by atoms with van der Waals surface area (Å²) in [5.74, 6) is 0. The average Bonchev–Trinajstić information content (AvgIpc) is 3.29. The molecule has 118 valence electrons. The predicted molar refractivity (Wildman–Crippen MR) is 96.8 cm³/mol. The second-order valence-corrected chi connectivity index (χ2v) is 6.51. The molecule has 0 aliphatic carbocycles. The van der Waals surface area contributed by atoms with Crippen molar-refractivity contribution in [3.63, 3.8) is 0 Å². The second kappa shape index (κ2) is 6.37. The highest BCUT2D eigenvalue weighted by Gasteiger charge is 2.07. The van der Waals surface area contributed by atoms with Crippen LogP contribution in [0.3, 0.4) is 0 Å². The van der Waals surface area contributed by atoms with Crippen LogP contribution in [0, 0.1) is 6.92 Å². The van der Waals surface area contributed by atoms with Gasteiger partial charge in [-0.05, 0) is 36.2 Å². The number of hydrogen-bond donors (Lipinski definition) is 0. The van der Waals surface area contributed by atoms with Crippen molar-refractivity contribution in [2.75, 3.05) is 0 Å². The SMILES string of the molecule is Cc1cnccc1Cn1ccc(-c2cccc(-c3nccs3)c2)n1. The van der Waals surface area contributed by atoms with Crippen LogP contribution in [0.25, 0.3) is 21.8 Å². The predicted octanol–water partition coefficient (Wildman–Crippen LogP) is 4.43. The number of benzene rings is 1. The Bertz CT molecular complexity index is 957. The number of thiazole rings is 1. The van der Waals surface area contributed by atoms with E-state index in [1.54, 1.807) is 11.3 Å². The summed E-state index contributed by atoms with van der Waals surface area (Å²) < 4.78 is 1.97. The molecule has 0 N–H and O–H groups in total. The van der Waals surface area contributed by atoms with Crippen molar-refractivity contribution in [1.82, 2.24) is 19.7 Å². The van der Waals surface area contributed by atoms with Gasteiger partial charge in [0.25, 0.3) is 0 Å². The van der Waals surface area contributed by atoms with E-state index in [-0.39, 0.29) is 0 Å². The van der Waals surface area contributed by atoms with Crippen LogP contribution in [-0.2, 0) is 6.54 Å². The Labute approximate surface area is 144 Å². The van der Waals surface area contributed by atoms with Gasteiger partial charge in [0.05, 0.1) is 12.2 Å². The van der Waals surface area contributed by atoms with Gasteiger partial charge < -0.3 is 0 Å². The van der Waals surface area contributed by atoms with E-state index in [1.165, 1.54) is 11.1 Å². The topological polar surface area (TPSA) is 43.6 Å². The van der Waals surface area contributed by atoms with E-state index in [9.17, 15) is 0 Å². The first-order chi connectivity index (χ1) is 11.8. The summed E-state index contributed by atoms with van der Waals surface area (Å²) in [7, 11) is 0. The first kappa shape index (κ1) is 14.8. The number of hydrogen-bond acceptors (Lipinski definition) is 4. The van der Waals surface area contributed by atoms with E-state index < -0.39 is 0 Å². The zero-order valence-electron chi connectivity index (χ0n) is 13.3. The summed E-state index contributed by atoms with van der Waals surface area (Å²) in [4.78, 5) is 8.52. The van der Waals surface area contributed by atoms with Crippen molar-refractivity contribution in [1.29, 1.82) is 0 Å². The van der Waals surface area contributed by atoms with Crippen molar-refractivity contribution in [2.24, 2.45) is 0 Å². The molecule has 0 radical (unpaired) electrons. The zero-order chi connectivity index (χ0) is 16.4. The fraction of sp³-hybridized carbons (Fsp3) is 0.105. The number of aromatic nitrogens is 4. The van der Waals surface area contributed by atoms with E-state index >= 15 is 0 Å². The smallest absolute Gasteiger partial charge is 0.123 e. The molecule has 4 rings (SSSR count). The van der Waals surface area contributed by atoms with Crippen LogP contribution in [0.1, 0.15) is 11.1 Å². The van der Waals surface area contributed by atoms with Crippen LogP contribution in [0.4, 0.5) is 0 Å². The fourth-order valence-electron chi connectivity index (χ4n) is 2.64. The molecule has 0 amide bonds.